The first kappa shape index (κ1) is 10.6. The van der Waals surface area contributed by atoms with Gasteiger partial charge in [-0.2, -0.15) is 0 Å². The van der Waals surface area contributed by atoms with Crippen LogP contribution >= 0.6 is 0 Å². The van der Waals surface area contributed by atoms with Crippen molar-refractivity contribution >= 4 is 0 Å². The summed E-state index contributed by atoms with van der Waals surface area (Å²) in [5.41, 5.74) is 6.26. The molecule has 1 aliphatic rings. The normalized spacial score (nSPS) is 26.6. The van der Waals surface area contributed by atoms with Gasteiger partial charge < -0.3 is 5.43 Å². The summed E-state index contributed by atoms with van der Waals surface area (Å²) in [5, 5.41) is 0. The van der Waals surface area contributed by atoms with Crippen molar-refractivity contribution < 1.29 is 0 Å². The van der Waals surface area contributed by atoms with Crippen molar-refractivity contribution in [2.75, 3.05) is 5.43 Å². The van der Waals surface area contributed by atoms with Gasteiger partial charge in [-0.25, -0.2) is 0 Å². The monoisotopic (exact) mass is 206 g/mol. The molecule has 0 bridgehead atoms. The molecule has 1 heterocycles. The highest BCUT2D eigenvalue weighted by Gasteiger charge is 2.18. The molecule has 0 radical (unpaired) electrons. The standard InChI is InChI=1S/C13H22N2/c1-10-4-8-13(9-5-10)14-15-11(2)6-7-12(15)3/h6-7,10,13-14H,4-5,8-9H2,1-3H3. The van der Waals surface area contributed by atoms with Crippen LogP contribution in [0.1, 0.15) is 44.0 Å². The van der Waals surface area contributed by atoms with Gasteiger partial charge in [-0.3, -0.25) is 4.68 Å². The van der Waals surface area contributed by atoms with Crippen molar-refractivity contribution in [1.82, 2.24) is 4.68 Å². The highest BCUT2D eigenvalue weighted by Crippen LogP contribution is 2.24. The Bertz CT molecular complexity index is 300. The maximum absolute atomic E-state index is 3.63. The molecule has 2 rings (SSSR count). The molecule has 0 saturated heterocycles. The molecule has 1 N–H and O–H groups in total. The molecule has 0 aromatic carbocycles. The van der Waals surface area contributed by atoms with Crippen LogP contribution in [0.5, 0.6) is 0 Å². The topological polar surface area (TPSA) is 17.0 Å². The van der Waals surface area contributed by atoms with Crippen LogP contribution in [0.25, 0.3) is 0 Å². The average molecular weight is 206 g/mol. The summed E-state index contributed by atoms with van der Waals surface area (Å²) in [6, 6.07) is 5.02. The lowest BCUT2D eigenvalue weighted by molar-refractivity contribution is 0.347. The minimum absolute atomic E-state index is 0.672. The van der Waals surface area contributed by atoms with Gasteiger partial charge in [0.15, 0.2) is 0 Å². The molecule has 0 amide bonds. The highest BCUT2D eigenvalue weighted by molar-refractivity contribution is 5.16. The molecule has 1 aliphatic carbocycles. The van der Waals surface area contributed by atoms with Gasteiger partial charge in [-0.1, -0.05) is 6.92 Å². The number of hydrogen-bond acceptors (Lipinski definition) is 1. The van der Waals surface area contributed by atoms with Gasteiger partial charge in [0.1, 0.15) is 0 Å². The molecule has 2 nitrogen and oxygen atoms in total. The van der Waals surface area contributed by atoms with E-state index in [9.17, 15) is 0 Å². The fourth-order valence-electron chi connectivity index (χ4n) is 2.44. The molecule has 1 aromatic rings. The lowest BCUT2D eigenvalue weighted by atomic mass is 9.88. The maximum Gasteiger partial charge on any atom is 0.0424 e. The van der Waals surface area contributed by atoms with Crippen LogP contribution in [-0.2, 0) is 0 Å². The quantitative estimate of drug-likeness (QED) is 0.786. The molecular weight excluding hydrogens is 184 g/mol. The van der Waals surface area contributed by atoms with Gasteiger partial charge in [0.05, 0.1) is 0 Å². The lowest BCUT2D eigenvalue weighted by Crippen LogP contribution is -2.32. The number of aryl methyl sites for hydroxylation is 2. The van der Waals surface area contributed by atoms with E-state index in [4.69, 9.17) is 0 Å². The van der Waals surface area contributed by atoms with Gasteiger partial charge in [0.25, 0.3) is 0 Å². The Morgan fingerprint density at radius 1 is 1.07 bits per heavy atom. The molecule has 0 unspecified atom stereocenters. The van der Waals surface area contributed by atoms with Crippen LogP contribution in [0.4, 0.5) is 0 Å². The summed E-state index contributed by atoms with van der Waals surface area (Å²) < 4.78 is 2.24. The minimum Gasteiger partial charge on any atom is -0.323 e. The number of nitrogens with one attached hydrogen (secondary N) is 1. The van der Waals surface area contributed by atoms with Gasteiger partial charge in [-0.05, 0) is 57.6 Å². The summed E-state index contributed by atoms with van der Waals surface area (Å²) in [6.45, 7) is 6.68. The number of aromatic nitrogens is 1. The van der Waals surface area contributed by atoms with Crippen LogP contribution in [0.2, 0.25) is 0 Å². The zero-order chi connectivity index (χ0) is 10.8. The predicted octanol–water partition coefficient (Wildman–Crippen LogP) is 3.23. The van der Waals surface area contributed by atoms with Gasteiger partial charge >= 0.3 is 0 Å². The van der Waals surface area contributed by atoms with Gasteiger partial charge in [-0.15, -0.1) is 0 Å². The molecule has 15 heavy (non-hydrogen) atoms. The Hall–Kier alpha value is -0.920. The Kier molecular flexibility index (Phi) is 3.03. The second kappa shape index (κ2) is 4.30. The Morgan fingerprint density at radius 3 is 2.13 bits per heavy atom. The second-order valence-electron chi connectivity index (χ2n) is 5.04. The third-order valence-corrected chi connectivity index (χ3v) is 3.60. The first-order valence-corrected chi connectivity index (χ1v) is 6.08. The van der Waals surface area contributed by atoms with E-state index in [1.54, 1.807) is 0 Å². The van der Waals surface area contributed by atoms with Crippen LogP contribution in [0.15, 0.2) is 12.1 Å². The lowest BCUT2D eigenvalue weighted by Gasteiger charge is -2.29. The molecule has 2 heteroatoms. The fourth-order valence-corrected chi connectivity index (χ4v) is 2.44. The van der Waals surface area contributed by atoms with Crippen molar-refractivity contribution in [3.63, 3.8) is 0 Å². The predicted molar refractivity (Wildman–Crippen MR) is 64.7 cm³/mol. The Balaban J connectivity index is 1.97. The molecule has 0 aliphatic heterocycles. The van der Waals surface area contributed by atoms with Gasteiger partial charge in [0, 0.05) is 17.4 Å². The third-order valence-electron chi connectivity index (χ3n) is 3.60. The molecule has 1 fully saturated rings. The highest BCUT2D eigenvalue weighted by atomic mass is 15.4. The van der Waals surface area contributed by atoms with E-state index in [0.717, 1.165) is 5.92 Å². The van der Waals surface area contributed by atoms with Crippen molar-refractivity contribution in [2.45, 2.75) is 52.5 Å². The fraction of sp³-hybridized carbons (Fsp3) is 0.692. The van der Waals surface area contributed by atoms with Crippen molar-refractivity contribution in [3.8, 4) is 0 Å². The largest absolute Gasteiger partial charge is 0.323 e. The van der Waals surface area contributed by atoms with Crippen LogP contribution in [0.3, 0.4) is 0 Å². The van der Waals surface area contributed by atoms with Crippen LogP contribution < -0.4 is 5.43 Å². The zero-order valence-corrected chi connectivity index (χ0v) is 10.1. The first-order valence-electron chi connectivity index (χ1n) is 6.08. The van der Waals surface area contributed by atoms with Crippen molar-refractivity contribution in [3.05, 3.63) is 23.5 Å². The molecule has 1 aromatic heterocycles. The molecular formula is C13H22N2. The molecule has 0 atom stereocenters. The number of rotatable bonds is 2. The Morgan fingerprint density at radius 2 is 1.60 bits per heavy atom. The molecule has 84 valence electrons. The van der Waals surface area contributed by atoms with E-state index in [-0.39, 0.29) is 0 Å². The van der Waals surface area contributed by atoms with Gasteiger partial charge in [0.2, 0.25) is 0 Å². The van der Waals surface area contributed by atoms with E-state index in [1.165, 1.54) is 37.1 Å². The van der Waals surface area contributed by atoms with E-state index in [2.05, 4.69) is 43.0 Å². The maximum atomic E-state index is 3.63. The average Bonchev–Trinajstić information content (AvgIpc) is 2.53. The molecule has 1 saturated carbocycles. The SMILES string of the molecule is Cc1ccc(C)n1NC1CCC(C)CC1. The minimum atomic E-state index is 0.672. The summed E-state index contributed by atoms with van der Waals surface area (Å²) >= 11 is 0. The second-order valence-corrected chi connectivity index (χ2v) is 5.04. The van der Waals surface area contributed by atoms with Crippen LogP contribution in [0, 0.1) is 19.8 Å². The molecule has 0 spiro atoms. The third kappa shape index (κ3) is 2.36. The van der Waals surface area contributed by atoms with Crippen molar-refractivity contribution in [1.29, 1.82) is 0 Å². The number of nitrogens with zero attached hydrogens (tertiary/aromatic N) is 1. The smallest absolute Gasteiger partial charge is 0.0424 e. The summed E-state index contributed by atoms with van der Waals surface area (Å²) in [7, 11) is 0. The van der Waals surface area contributed by atoms with Crippen molar-refractivity contribution in [2.24, 2.45) is 5.92 Å². The van der Waals surface area contributed by atoms with E-state index in [0.29, 0.717) is 6.04 Å². The summed E-state index contributed by atoms with van der Waals surface area (Å²) in [5.74, 6) is 0.926. The zero-order valence-electron chi connectivity index (χ0n) is 10.1. The van der Waals surface area contributed by atoms with Crippen LogP contribution in [-0.4, -0.2) is 10.7 Å². The van der Waals surface area contributed by atoms with E-state index < -0.39 is 0 Å². The number of hydrogen-bond donors (Lipinski definition) is 1. The Labute approximate surface area is 92.6 Å². The van der Waals surface area contributed by atoms with E-state index in [1.807, 2.05) is 0 Å². The first-order chi connectivity index (χ1) is 7.16. The summed E-state index contributed by atoms with van der Waals surface area (Å²) in [6.07, 6.45) is 5.38. The summed E-state index contributed by atoms with van der Waals surface area (Å²) in [4.78, 5) is 0. The van der Waals surface area contributed by atoms with E-state index >= 15 is 0 Å².